The number of nitrogens with one attached hydrogen (secondary N) is 2. The van der Waals surface area contributed by atoms with E-state index >= 15 is 0 Å². The molecular weight excluding hydrogens is 453 g/mol. The number of hydrogen-bond acceptors (Lipinski definition) is 3. The highest BCUT2D eigenvalue weighted by molar-refractivity contribution is 14.0. The fourth-order valence-corrected chi connectivity index (χ4v) is 6.01. The minimum absolute atomic E-state index is 0. The molecule has 3 saturated carbocycles. The first kappa shape index (κ1) is 21.6. The summed E-state index contributed by atoms with van der Waals surface area (Å²) in [6, 6.07) is 0.544. The minimum Gasteiger partial charge on any atom is -0.378 e. The molecule has 156 valence electrons. The van der Waals surface area contributed by atoms with Crippen LogP contribution in [-0.2, 0) is 9.47 Å². The minimum atomic E-state index is 0. The average molecular weight is 491 g/mol. The Morgan fingerprint density at radius 3 is 2.63 bits per heavy atom. The van der Waals surface area contributed by atoms with Crippen molar-refractivity contribution < 1.29 is 9.47 Å². The van der Waals surface area contributed by atoms with Crippen molar-refractivity contribution in [3.63, 3.8) is 0 Å². The van der Waals surface area contributed by atoms with Gasteiger partial charge >= 0.3 is 0 Å². The van der Waals surface area contributed by atoms with Gasteiger partial charge in [-0.05, 0) is 38.5 Å². The van der Waals surface area contributed by atoms with E-state index in [1.807, 2.05) is 7.05 Å². The van der Waals surface area contributed by atoms with E-state index in [9.17, 15) is 0 Å². The summed E-state index contributed by atoms with van der Waals surface area (Å²) < 4.78 is 12.1. The van der Waals surface area contributed by atoms with Crippen molar-refractivity contribution in [3.05, 3.63) is 0 Å². The van der Waals surface area contributed by atoms with Crippen molar-refractivity contribution in [1.82, 2.24) is 10.6 Å². The number of aliphatic imine (C=N–C) groups is 1. The Morgan fingerprint density at radius 1 is 1.11 bits per heavy atom. The molecule has 3 aliphatic carbocycles. The second kappa shape index (κ2) is 10.1. The number of halogens is 1. The van der Waals surface area contributed by atoms with Gasteiger partial charge in [-0.3, -0.25) is 4.99 Å². The van der Waals surface area contributed by atoms with Gasteiger partial charge in [0.15, 0.2) is 5.96 Å². The molecule has 1 heterocycles. The quantitative estimate of drug-likeness (QED) is 0.257. The first-order valence-corrected chi connectivity index (χ1v) is 11.0. The van der Waals surface area contributed by atoms with Crippen LogP contribution in [0.3, 0.4) is 0 Å². The van der Waals surface area contributed by atoms with Crippen molar-refractivity contribution in [2.75, 3.05) is 26.8 Å². The van der Waals surface area contributed by atoms with Crippen molar-refractivity contribution >= 4 is 29.9 Å². The number of rotatable bonds is 6. The molecule has 3 atom stereocenters. The van der Waals surface area contributed by atoms with Gasteiger partial charge in [-0.25, -0.2) is 0 Å². The Labute approximate surface area is 181 Å². The van der Waals surface area contributed by atoms with Crippen molar-refractivity contribution in [2.45, 2.75) is 88.9 Å². The summed E-state index contributed by atoms with van der Waals surface area (Å²) in [6.45, 7) is 2.73. The summed E-state index contributed by atoms with van der Waals surface area (Å²) in [7, 11) is 1.89. The topological polar surface area (TPSA) is 54.9 Å². The van der Waals surface area contributed by atoms with E-state index in [0.717, 1.165) is 32.1 Å². The van der Waals surface area contributed by atoms with Crippen molar-refractivity contribution in [1.29, 1.82) is 0 Å². The molecule has 1 saturated heterocycles. The van der Waals surface area contributed by atoms with E-state index in [2.05, 4.69) is 15.6 Å². The van der Waals surface area contributed by atoms with Crippen LogP contribution in [0.5, 0.6) is 0 Å². The van der Waals surface area contributed by atoms with Gasteiger partial charge in [-0.1, -0.05) is 32.1 Å². The average Bonchev–Trinajstić information content (AvgIpc) is 3.33. The first-order chi connectivity index (χ1) is 12.8. The molecule has 0 aromatic carbocycles. The summed E-state index contributed by atoms with van der Waals surface area (Å²) in [5.41, 5.74) is 0.378. The second-order valence-corrected chi connectivity index (χ2v) is 8.79. The van der Waals surface area contributed by atoms with Crippen LogP contribution in [0.1, 0.15) is 70.6 Å². The highest BCUT2D eigenvalue weighted by atomic mass is 127. The van der Waals surface area contributed by atoms with Crippen LogP contribution in [0.2, 0.25) is 0 Å². The van der Waals surface area contributed by atoms with Crippen LogP contribution in [0.4, 0.5) is 0 Å². The van der Waals surface area contributed by atoms with E-state index in [1.54, 1.807) is 0 Å². The lowest BCUT2D eigenvalue weighted by Crippen LogP contribution is -2.69. The molecule has 0 amide bonds. The van der Waals surface area contributed by atoms with Crippen LogP contribution in [0.15, 0.2) is 4.99 Å². The lowest BCUT2D eigenvalue weighted by Gasteiger charge is -2.57. The third-order valence-corrected chi connectivity index (χ3v) is 7.32. The standard InChI is InChI=1S/C21H37N3O2.HI/c1-22-20(23-13-7-14-25-16-8-3-2-4-9-16)24-18-17-10-15-26-19(17)21(18)11-5-6-12-21;/h16-19H,2-15H2,1H3,(H2,22,23,24);1H. The van der Waals surface area contributed by atoms with E-state index in [0.29, 0.717) is 29.6 Å². The van der Waals surface area contributed by atoms with Gasteiger partial charge in [-0.2, -0.15) is 0 Å². The zero-order valence-electron chi connectivity index (χ0n) is 16.9. The van der Waals surface area contributed by atoms with Crippen molar-refractivity contribution in [2.24, 2.45) is 16.3 Å². The summed E-state index contributed by atoms with van der Waals surface area (Å²) >= 11 is 0. The van der Waals surface area contributed by atoms with Gasteiger partial charge < -0.3 is 20.1 Å². The van der Waals surface area contributed by atoms with E-state index in [1.165, 1.54) is 64.2 Å². The van der Waals surface area contributed by atoms with E-state index in [-0.39, 0.29) is 24.0 Å². The molecule has 0 radical (unpaired) electrons. The maximum atomic E-state index is 6.09. The molecule has 2 N–H and O–H groups in total. The highest BCUT2D eigenvalue weighted by Gasteiger charge is 2.65. The van der Waals surface area contributed by atoms with E-state index in [4.69, 9.17) is 9.47 Å². The summed E-state index contributed by atoms with van der Waals surface area (Å²) in [5.74, 6) is 1.64. The van der Waals surface area contributed by atoms with Gasteiger partial charge in [0.25, 0.3) is 0 Å². The molecule has 0 aromatic rings. The molecular formula is C21H38IN3O2. The lowest BCUT2D eigenvalue weighted by atomic mass is 9.54. The Hall–Kier alpha value is -0.0800. The molecule has 0 aromatic heterocycles. The molecule has 4 aliphatic rings. The third-order valence-electron chi connectivity index (χ3n) is 7.32. The fourth-order valence-electron chi connectivity index (χ4n) is 6.01. The number of ether oxygens (including phenoxy) is 2. The predicted octanol–water partition coefficient (Wildman–Crippen LogP) is 3.86. The van der Waals surface area contributed by atoms with Crippen LogP contribution < -0.4 is 10.6 Å². The zero-order chi connectivity index (χ0) is 17.8. The van der Waals surface area contributed by atoms with Gasteiger partial charge in [0, 0.05) is 44.2 Å². The molecule has 4 rings (SSSR count). The molecule has 0 bridgehead atoms. The van der Waals surface area contributed by atoms with Gasteiger partial charge in [-0.15, -0.1) is 24.0 Å². The highest BCUT2D eigenvalue weighted by Crippen LogP contribution is 2.60. The molecule has 1 aliphatic heterocycles. The number of fused-ring (bicyclic) bond motifs is 2. The van der Waals surface area contributed by atoms with Crippen LogP contribution in [-0.4, -0.2) is 51.0 Å². The van der Waals surface area contributed by atoms with Gasteiger partial charge in [0.2, 0.25) is 0 Å². The van der Waals surface area contributed by atoms with Gasteiger partial charge in [0.05, 0.1) is 12.2 Å². The number of nitrogens with zero attached hydrogens (tertiary/aromatic N) is 1. The molecule has 6 heteroatoms. The zero-order valence-corrected chi connectivity index (χ0v) is 19.2. The maximum absolute atomic E-state index is 6.09. The van der Waals surface area contributed by atoms with E-state index < -0.39 is 0 Å². The van der Waals surface area contributed by atoms with Crippen LogP contribution >= 0.6 is 24.0 Å². The Balaban J connectivity index is 0.00000210. The maximum Gasteiger partial charge on any atom is 0.191 e. The molecule has 4 fully saturated rings. The summed E-state index contributed by atoms with van der Waals surface area (Å²) in [6.07, 6.45) is 15.2. The number of hydrogen-bond donors (Lipinski definition) is 2. The Bertz CT molecular complexity index is 490. The summed E-state index contributed by atoms with van der Waals surface area (Å²) in [4.78, 5) is 4.48. The Morgan fingerprint density at radius 2 is 1.89 bits per heavy atom. The van der Waals surface area contributed by atoms with Crippen LogP contribution in [0.25, 0.3) is 0 Å². The summed E-state index contributed by atoms with van der Waals surface area (Å²) in [5, 5.41) is 7.28. The lowest BCUT2D eigenvalue weighted by molar-refractivity contribution is -0.125. The molecule has 1 spiro atoms. The third kappa shape index (κ3) is 4.58. The monoisotopic (exact) mass is 491 g/mol. The second-order valence-electron chi connectivity index (χ2n) is 8.79. The predicted molar refractivity (Wildman–Crippen MR) is 120 cm³/mol. The smallest absolute Gasteiger partial charge is 0.191 e. The van der Waals surface area contributed by atoms with Gasteiger partial charge in [0.1, 0.15) is 0 Å². The Kier molecular flexibility index (Phi) is 8.09. The largest absolute Gasteiger partial charge is 0.378 e. The van der Waals surface area contributed by atoms with Crippen LogP contribution in [0, 0.1) is 11.3 Å². The normalized spacial score (nSPS) is 32.6. The van der Waals surface area contributed by atoms with Crippen molar-refractivity contribution in [3.8, 4) is 0 Å². The number of guanidine groups is 1. The molecule has 27 heavy (non-hydrogen) atoms. The SMILES string of the molecule is CN=C(NCCCOC1CCCCC1)NC1C2CCOC2C12CCCC2.I. The fraction of sp³-hybridized carbons (Fsp3) is 0.952. The molecule has 3 unspecified atom stereocenters. The molecule has 5 nitrogen and oxygen atoms in total. The first-order valence-electron chi connectivity index (χ1n) is 11.0.